The molecule has 4 saturated carbocycles. The fourth-order valence-electron chi connectivity index (χ4n) is 10.5. The predicted octanol–water partition coefficient (Wildman–Crippen LogP) is 5.71. The summed E-state index contributed by atoms with van der Waals surface area (Å²) in [6.45, 7) is 10.4. The van der Waals surface area contributed by atoms with Gasteiger partial charge >= 0.3 is 0 Å². The average Bonchev–Trinajstić information content (AvgIpc) is 3.10. The van der Waals surface area contributed by atoms with Gasteiger partial charge in [0.2, 0.25) is 0 Å². The highest BCUT2D eigenvalue weighted by molar-refractivity contribution is 5.13. The van der Waals surface area contributed by atoms with Gasteiger partial charge in [-0.3, -0.25) is 4.90 Å². The molecule has 2 saturated heterocycles. The van der Waals surface area contributed by atoms with Crippen molar-refractivity contribution in [3.05, 3.63) is 0 Å². The first-order chi connectivity index (χ1) is 15.5. The second-order valence-corrected chi connectivity index (χ2v) is 13.6. The molecule has 6 fully saturated rings. The third kappa shape index (κ3) is 3.46. The van der Waals surface area contributed by atoms with E-state index in [0.717, 1.165) is 29.7 Å². The Labute approximate surface area is 197 Å². The van der Waals surface area contributed by atoms with Crippen LogP contribution >= 0.6 is 0 Å². The molecule has 0 bridgehead atoms. The van der Waals surface area contributed by atoms with Crippen LogP contribution in [0.1, 0.15) is 104 Å². The summed E-state index contributed by atoms with van der Waals surface area (Å²) in [6, 6.07) is 1.31. The molecule has 6 rings (SSSR count). The molecule has 0 aromatic carbocycles. The van der Waals surface area contributed by atoms with E-state index in [1.165, 1.54) is 116 Å². The van der Waals surface area contributed by atoms with Gasteiger partial charge in [-0.15, -0.1) is 0 Å². The van der Waals surface area contributed by atoms with E-state index in [0.29, 0.717) is 11.5 Å². The molecule has 0 spiro atoms. The first-order valence-electron chi connectivity index (χ1n) is 14.7. The Bertz CT molecular complexity index is 670. The number of hydrogen-bond donors (Lipinski definition) is 1. The maximum absolute atomic E-state index is 11.6. The van der Waals surface area contributed by atoms with Gasteiger partial charge < -0.3 is 10.0 Å². The summed E-state index contributed by atoms with van der Waals surface area (Å²) < 4.78 is 0. The van der Waals surface area contributed by atoms with E-state index in [1.807, 2.05) is 0 Å². The zero-order valence-corrected chi connectivity index (χ0v) is 21.1. The van der Waals surface area contributed by atoms with Crippen LogP contribution in [0.3, 0.4) is 0 Å². The Hall–Kier alpha value is -0.120. The van der Waals surface area contributed by atoms with Crippen molar-refractivity contribution in [3.8, 4) is 0 Å². The van der Waals surface area contributed by atoms with Gasteiger partial charge in [0.1, 0.15) is 0 Å². The van der Waals surface area contributed by atoms with Crippen LogP contribution in [0.15, 0.2) is 0 Å². The first kappa shape index (κ1) is 22.4. The lowest BCUT2D eigenvalue weighted by Gasteiger charge is -2.61. The molecule has 0 amide bonds. The van der Waals surface area contributed by atoms with Gasteiger partial charge in [-0.2, -0.15) is 0 Å². The zero-order chi connectivity index (χ0) is 21.9. The number of nitrogens with zero attached hydrogens (tertiary/aromatic N) is 2. The summed E-state index contributed by atoms with van der Waals surface area (Å²) >= 11 is 0. The van der Waals surface area contributed by atoms with Crippen LogP contribution in [-0.4, -0.2) is 59.3 Å². The summed E-state index contributed by atoms with van der Waals surface area (Å²) in [5.41, 5.74) is 0.728. The van der Waals surface area contributed by atoms with Crippen LogP contribution in [0.2, 0.25) is 0 Å². The Morgan fingerprint density at radius 1 is 0.688 bits per heavy atom. The maximum Gasteiger partial charge on any atom is 0.0751 e. The fourth-order valence-corrected chi connectivity index (χ4v) is 10.5. The van der Waals surface area contributed by atoms with Gasteiger partial charge in [-0.05, 0) is 138 Å². The third-order valence-electron chi connectivity index (χ3n) is 12.3. The van der Waals surface area contributed by atoms with Crippen molar-refractivity contribution < 1.29 is 5.11 Å². The molecule has 0 aromatic rings. The number of fused-ring (bicyclic) bond motifs is 5. The molecule has 9 atom stereocenters. The smallest absolute Gasteiger partial charge is 0.0751 e. The summed E-state index contributed by atoms with van der Waals surface area (Å²) in [5, 5.41) is 11.6. The zero-order valence-electron chi connectivity index (χ0n) is 21.1. The van der Waals surface area contributed by atoms with Crippen molar-refractivity contribution >= 4 is 0 Å². The van der Waals surface area contributed by atoms with Crippen LogP contribution in [-0.2, 0) is 0 Å². The molecule has 0 radical (unpaired) electrons. The lowest BCUT2D eigenvalue weighted by molar-refractivity contribution is -0.133. The largest absolute Gasteiger partial charge is 0.391 e. The second-order valence-electron chi connectivity index (χ2n) is 13.6. The molecule has 0 unspecified atom stereocenters. The Morgan fingerprint density at radius 3 is 2.06 bits per heavy atom. The van der Waals surface area contributed by atoms with Gasteiger partial charge in [0.25, 0.3) is 0 Å². The molecule has 0 aromatic heterocycles. The Kier molecular flexibility index (Phi) is 5.95. The lowest BCUT2D eigenvalue weighted by Crippen LogP contribution is -2.57. The van der Waals surface area contributed by atoms with E-state index < -0.39 is 0 Å². The van der Waals surface area contributed by atoms with Gasteiger partial charge in [-0.25, -0.2) is 0 Å². The van der Waals surface area contributed by atoms with E-state index in [9.17, 15) is 5.11 Å². The molecule has 182 valence electrons. The highest BCUT2D eigenvalue weighted by atomic mass is 16.3. The monoisotopic (exact) mass is 442 g/mol. The van der Waals surface area contributed by atoms with Crippen molar-refractivity contribution in [2.45, 2.75) is 122 Å². The number of hydrogen-bond acceptors (Lipinski definition) is 3. The quantitative estimate of drug-likeness (QED) is 0.593. The molecular formula is C29H50N2O. The minimum Gasteiger partial charge on any atom is -0.391 e. The van der Waals surface area contributed by atoms with Crippen LogP contribution in [0, 0.1) is 34.5 Å². The molecule has 32 heavy (non-hydrogen) atoms. The predicted molar refractivity (Wildman–Crippen MR) is 132 cm³/mol. The minimum absolute atomic E-state index is 0.0930. The molecule has 6 aliphatic rings. The second kappa shape index (κ2) is 8.52. The highest BCUT2D eigenvalue weighted by Gasteiger charge is 2.63. The molecule has 2 heterocycles. The normalized spacial score (nSPS) is 52.8. The minimum atomic E-state index is -0.0930. The van der Waals surface area contributed by atoms with Gasteiger partial charge in [0.05, 0.1) is 6.10 Å². The van der Waals surface area contributed by atoms with Crippen LogP contribution in [0.5, 0.6) is 0 Å². The summed E-state index contributed by atoms with van der Waals surface area (Å²) in [4.78, 5) is 5.60. The van der Waals surface area contributed by atoms with Crippen LogP contribution in [0.25, 0.3) is 0 Å². The summed E-state index contributed by atoms with van der Waals surface area (Å²) in [5.74, 6) is 3.52. The lowest BCUT2D eigenvalue weighted by atomic mass is 9.45. The van der Waals surface area contributed by atoms with Crippen molar-refractivity contribution in [3.63, 3.8) is 0 Å². The summed E-state index contributed by atoms with van der Waals surface area (Å²) in [6.07, 6.45) is 19.6. The standard InChI is InChI=1S/C29H50N2O/c1-28-14-13-24-23(25(28)19-26(27(28)32)31-17-7-4-8-18-31)12-10-21-9-11-22(20-29(21,24)2)30-15-5-3-6-16-30/h21-27,32H,3-20H2,1-2H3/t21-,22-,23-,24+,25+,26+,27+,28+,29+/m1/s1. The number of rotatable bonds is 2. The fraction of sp³-hybridized carbons (Fsp3) is 1.00. The van der Waals surface area contributed by atoms with E-state index in [2.05, 4.69) is 23.6 Å². The molecule has 3 heteroatoms. The topological polar surface area (TPSA) is 26.7 Å². The van der Waals surface area contributed by atoms with E-state index in [-0.39, 0.29) is 11.5 Å². The average molecular weight is 443 g/mol. The van der Waals surface area contributed by atoms with Crippen molar-refractivity contribution in [2.24, 2.45) is 34.5 Å². The molecule has 4 aliphatic carbocycles. The number of aliphatic hydroxyl groups excluding tert-OH is 1. The first-order valence-corrected chi connectivity index (χ1v) is 14.7. The number of piperidine rings is 2. The molecule has 3 nitrogen and oxygen atoms in total. The number of aliphatic hydroxyl groups is 1. The van der Waals surface area contributed by atoms with Gasteiger partial charge in [0, 0.05) is 12.1 Å². The van der Waals surface area contributed by atoms with E-state index in [1.54, 1.807) is 0 Å². The Balaban J connectivity index is 1.22. The maximum atomic E-state index is 11.6. The van der Waals surface area contributed by atoms with Crippen molar-refractivity contribution in [1.82, 2.24) is 9.80 Å². The van der Waals surface area contributed by atoms with Crippen molar-refractivity contribution in [2.75, 3.05) is 26.2 Å². The van der Waals surface area contributed by atoms with Crippen LogP contribution < -0.4 is 0 Å². The van der Waals surface area contributed by atoms with E-state index in [4.69, 9.17) is 0 Å². The van der Waals surface area contributed by atoms with Gasteiger partial charge in [0.15, 0.2) is 0 Å². The third-order valence-corrected chi connectivity index (χ3v) is 12.3. The number of likely N-dealkylation sites (tertiary alicyclic amines) is 2. The van der Waals surface area contributed by atoms with Crippen LogP contribution in [0.4, 0.5) is 0 Å². The Morgan fingerprint density at radius 2 is 1.34 bits per heavy atom. The van der Waals surface area contributed by atoms with E-state index >= 15 is 0 Å². The van der Waals surface area contributed by atoms with Crippen molar-refractivity contribution in [1.29, 1.82) is 0 Å². The van der Waals surface area contributed by atoms with Gasteiger partial charge in [-0.1, -0.05) is 26.7 Å². The SMILES string of the molecule is C[C@]12C[C@H](N3CCCCC3)CC[C@@H]1CC[C@@H]1[C@@H]2CC[C@]2(C)[C@@H](O)[C@@H](N3CCCCC3)C[C@@H]12. The highest BCUT2D eigenvalue weighted by Crippen LogP contribution is 2.66. The molecule has 1 N–H and O–H groups in total. The summed E-state index contributed by atoms with van der Waals surface area (Å²) in [7, 11) is 0. The molecular weight excluding hydrogens is 392 g/mol. The molecule has 2 aliphatic heterocycles.